The van der Waals surface area contributed by atoms with Gasteiger partial charge in [-0.15, -0.1) is 11.3 Å². The maximum atomic E-state index is 13.5. The number of fused-ring (bicyclic) bond motifs is 1. The molecule has 158 valence electrons. The number of amides is 1. The van der Waals surface area contributed by atoms with Crippen LogP contribution in [0.4, 0.5) is 8.78 Å². The third-order valence-electron chi connectivity index (χ3n) is 4.85. The van der Waals surface area contributed by atoms with Crippen LogP contribution in [-0.4, -0.2) is 15.0 Å². The molecule has 1 N–H and O–H groups in total. The highest BCUT2D eigenvalue weighted by Crippen LogP contribution is 2.22. The van der Waals surface area contributed by atoms with Crippen LogP contribution >= 0.6 is 11.3 Å². The maximum Gasteiger partial charge on any atom is 0.332 e. The van der Waals surface area contributed by atoms with Crippen LogP contribution in [0, 0.1) is 11.6 Å². The molecule has 0 saturated heterocycles. The molecule has 0 aliphatic carbocycles. The summed E-state index contributed by atoms with van der Waals surface area (Å²) >= 11 is 1.04. The number of aromatic nitrogens is 2. The zero-order valence-corrected chi connectivity index (χ0v) is 17.2. The fourth-order valence-electron chi connectivity index (χ4n) is 3.22. The van der Waals surface area contributed by atoms with E-state index in [2.05, 4.69) is 5.32 Å². The van der Waals surface area contributed by atoms with Crippen molar-refractivity contribution in [2.45, 2.75) is 13.1 Å². The molecular formula is C22H17F2N3O3S. The summed E-state index contributed by atoms with van der Waals surface area (Å²) < 4.78 is 28.9. The first-order valence-electron chi connectivity index (χ1n) is 9.34. The molecule has 6 nitrogen and oxygen atoms in total. The van der Waals surface area contributed by atoms with Gasteiger partial charge < -0.3 is 5.32 Å². The Morgan fingerprint density at radius 2 is 1.74 bits per heavy atom. The summed E-state index contributed by atoms with van der Waals surface area (Å²) in [4.78, 5) is 38.9. The number of hydrogen-bond donors (Lipinski definition) is 1. The number of nitrogens with zero attached hydrogens (tertiary/aromatic N) is 2. The topological polar surface area (TPSA) is 73.1 Å². The second kappa shape index (κ2) is 8.27. The zero-order chi connectivity index (χ0) is 22.1. The molecule has 2 heterocycles. The molecule has 0 saturated carbocycles. The summed E-state index contributed by atoms with van der Waals surface area (Å²) in [7, 11) is 1.49. The van der Waals surface area contributed by atoms with Gasteiger partial charge in [-0.1, -0.05) is 36.4 Å². The number of halogens is 2. The van der Waals surface area contributed by atoms with E-state index in [1.165, 1.54) is 23.7 Å². The minimum Gasteiger partial charge on any atom is -0.347 e. The number of nitrogens with one attached hydrogen (secondary N) is 1. The summed E-state index contributed by atoms with van der Waals surface area (Å²) in [5.74, 6) is -2.43. The number of carbonyl (C=O) groups excluding carboxylic acids is 1. The maximum absolute atomic E-state index is 13.5. The van der Waals surface area contributed by atoms with Crippen LogP contribution < -0.4 is 16.6 Å². The molecule has 0 radical (unpaired) electrons. The zero-order valence-electron chi connectivity index (χ0n) is 16.4. The normalized spacial score (nSPS) is 11.1. The molecule has 1 amide bonds. The Kier molecular flexibility index (Phi) is 5.51. The standard InChI is InChI=1S/C22H17F2N3O3S/c1-26-21-15(10-18(31-21)19(28)25-11-13-5-3-2-4-6-13)20(29)27(22(26)30)12-14-7-8-16(23)17(24)9-14/h2-10H,11-12H2,1H3,(H,25,28). The summed E-state index contributed by atoms with van der Waals surface area (Å²) in [6.07, 6.45) is 0. The largest absolute Gasteiger partial charge is 0.347 e. The van der Waals surface area contributed by atoms with E-state index >= 15 is 0 Å². The van der Waals surface area contributed by atoms with Crippen molar-refractivity contribution in [1.29, 1.82) is 0 Å². The minimum atomic E-state index is -1.06. The number of aryl methyl sites for hydroxylation is 1. The summed E-state index contributed by atoms with van der Waals surface area (Å²) in [6, 6.07) is 14.0. The van der Waals surface area contributed by atoms with Gasteiger partial charge >= 0.3 is 5.69 Å². The monoisotopic (exact) mass is 441 g/mol. The lowest BCUT2D eigenvalue weighted by Crippen LogP contribution is -2.38. The van der Waals surface area contributed by atoms with E-state index in [1.807, 2.05) is 30.3 Å². The van der Waals surface area contributed by atoms with E-state index < -0.39 is 22.9 Å². The van der Waals surface area contributed by atoms with Crippen LogP contribution in [-0.2, 0) is 20.1 Å². The Labute approximate surface area is 179 Å². The quantitative estimate of drug-likeness (QED) is 0.518. The molecule has 31 heavy (non-hydrogen) atoms. The minimum absolute atomic E-state index is 0.208. The SMILES string of the molecule is Cn1c(=O)n(Cc2ccc(F)c(F)c2)c(=O)c2cc(C(=O)NCc3ccccc3)sc21. The second-order valence-electron chi connectivity index (χ2n) is 6.98. The predicted molar refractivity (Wildman–Crippen MR) is 114 cm³/mol. The lowest BCUT2D eigenvalue weighted by atomic mass is 10.2. The van der Waals surface area contributed by atoms with Crippen molar-refractivity contribution < 1.29 is 13.6 Å². The smallest absolute Gasteiger partial charge is 0.332 e. The molecular weight excluding hydrogens is 424 g/mol. The average Bonchev–Trinajstić information content (AvgIpc) is 3.23. The van der Waals surface area contributed by atoms with Crippen LogP contribution in [0.5, 0.6) is 0 Å². The van der Waals surface area contributed by atoms with E-state index in [0.29, 0.717) is 16.3 Å². The van der Waals surface area contributed by atoms with Crippen molar-refractivity contribution in [2.24, 2.45) is 7.05 Å². The van der Waals surface area contributed by atoms with Crippen LogP contribution in [0.2, 0.25) is 0 Å². The first kappa shape index (κ1) is 20.7. The van der Waals surface area contributed by atoms with Gasteiger partial charge in [-0.25, -0.2) is 13.6 Å². The predicted octanol–water partition coefficient (Wildman–Crippen LogP) is 3.02. The fourth-order valence-corrected chi connectivity index (χ4v) is 4.24. The molecule has 0 spiro atoms. The number of benzene rings is 2. The molecule has 0 aliphatic rings. The Morgan fingerprint density at radius 1 is 1.00 bits per heavy atom. The average molecular weight is 441 g/mol. The third kappa shape index (κ3) is 4.04. The highest BCUT2D eigenvalue weighted by atomic mass is 32.1. The molecule has 4 aromatic rings. The van der Waals surface area contributed by atoms with E-state index in [1.54, 1.807) is 0 Å². The lowest BCUT2D eigenvalue weighted by molar-refractivity contribution is 0.0955. The highest BCUT2D eigenvalue weighted by Gasteiger charge is 2.18. The van der Waals surface area contributed by atoms with Gasteiger partial charge in [0.05, 0.1) is 16.8 Å². The Bertz CT molecular complexity index is 1410. The van der Waals surface area contributed by atoms with E-state index in [-0.39, 0.29) is 23.4 Å². The van der Waals surface area contributed by atoms with Crippen molar-refractivity contribution in [2.75, 3.05) is 0 Å². The van der Waals surface area contributed by atoms with Crippen molar-refractivity contribution in [1.82, 2.24) is 14.5 Å². The molecule has 0 fully saturated rings. The van der Waals surface area contributed by atoms with Crippen molar-refractivity contribution in [3.05, 3.63) is 103 Å². The van der Waals surface area contributed by atoms with Crippen molar-refractivity contribution >= 4 is 27.5 Å². The summed E-state index contributed by atoms with van der Waals surface area (Å²) in [5.41, 5.74) is -0.00623. The van der Waals surface area contributed by atoms with Crippen molar-refractivity contribution in [3.63, 3.8) is 0 Å². The highest BCUT2D eigenvalue weighted by molar-refractivity contribution is 7.20. The van der Waals surface area contributed by atoms with Gasteiger partial charge in [0.25, 0.3) is 11.5 Å². The molecule has 0 aliphatic heterocycles. The number of thiophene rings is 1. The summed E-state index contributed by atoms with van der Waals surface area (Å²) in [6.45, 7) is 0.108. The first-order chi connectivity index (χ1) is 14.8. The molecule has 0 atom stereocenters. The number of carbonyl (C=O) groups is 1. The molecule has 0 unspecified atom stereocenters. The Hall–Kier alpha value is -3.59. The lowest BCUT2D eigenvalue weighted by Gasteiger charge is -2.08. The molecule has 0 bridgehead atoms. The van der Waals surface area contributed by atoms with Gasteiger partial charge in [0.2, 0.25) is 0 Å². The van der Waals surface area contributed by atoms with Crippen LogP contribution in [0.15, 0.2) is 64.2 Å². The fraction of sp³-hybridized carbons (Fsp3) is 0.136. The van der Waals surface area contributed by atoms with E-state index in [9.17, 15) is 23.2 Å². The van der Waals surface area contributed by atoms with E-state index in [4.69, 9.17) is 0 Å². The van der Waals surface area contributed by atoms with E-state index in [0.717, 1.165) is 33.6 Å². The van der Waals surface area contributed by atoms with Gasteiger partial charge in [-0.3, -0.25) is 18.7 Å². The first-order valence-corrected chi connectivity index (χ1v) is 10.2. The van der Waals surface area contributed by atoms with Gasteiger partial charge in [-0.05, 0) is 29.3 Å². The Balaban J connectivity index is 1.67. The van der Waals surface area contributed by atoms with Gasteiger partial charge in [0, 0.05) is 13.6 Å². The summed E-state index contributed by atoms with van der Waals surface area (Å²) in [5, 5.41) is 3.00. The van der Waals surface area contributed by atoms with Crippen LogP contribution in [0.3, 0.4) is 0 Å². The van der Waals surface area contributed by atoms with Gasteiger partial charge in [-0.2, -0.15) is 0 Å². The molecule has 2 aromatic carbocycles. The van der Waals surface area contributed by atoms with Gasteiger partial charge in [0.15, 0.2) is 11.6 Å². The van der Waals surface area contributed by atoms with Crippen LogP contribution in [0.1, 0.15) is 20.8 Å². The van der Waals surface area contributed by atoms with Crippen molar-refractivity contribution in [3.8, 4) is 0 Å². The second-order valence-corrected chi connectivity index (χ2v) is 8.01. The number of rotatable bonds is 5. The molecule has 2 aromatic heterocycles. The molecule has 4 rings (SSSR count). The van der Waals surface area contributed by atoms with Crippen LogP contribution in [0.25, 0.3) is 10.2 Å². The molecule has 9 heteroatoms. The number of hydrogen-bond acceptors (Lipinski definition) is 4. The Morgan fingerprint density at radius 3 is 2.45 bits per heavy atom. The third-order valence-corrected chi connectivity index (χ3v) is 6.07. The van der Waals surface area contributed by atoms with Gasteiger partial charge in [0.1, 0.15) is 4.83 Å².